The number of urea groups is 1. The first-order valence-electron chi connectivity index (χ1n) is 12.4. The van der Waals surface area contributed by atoms with Gasteiger partial charge in [-0.05, 0) is 73.0 Å². The maximum atomic E-state index is 13.7. The molecule has 2 aromatic carbocycles. The second kappa shape index (κ2) is 12.5. The Morgan fingerprint density at radius 1 is 0.889 bits per heavy atom. The van der Waals surface area contributed by atoms with E-state index in [0.717, 1.165) is 44.5 Å². The maximum absolute atomic E-state index is 13.7. The third-order valence-electron chi connectivity index (χ3n) is 7.08. The molecule has 5 rings (SSSR count). The molecule has 7 heteroatoms. The lowest BCUT2D eigenvalue weighted by atomic mass is 9.86. The molecule has 0 spiro atoms. The van der Waals surface area contributed by atoms with Crippen molar-refractivity contribution < 1.29 is 9.59 Å². The normalized spacial score (nSPS) is 20.6. The summed E-state index contributed by atoms with van der Waals surface area (Å²) < 4.78 is 0. The molecule has 1 atom stereocenters. The molecule has 1 unspecified atom stereocenters. The number of amides is 3. The lowest BCUT2D eigenvalue weighted by molar-refractivity contribution is -0.130. The summed E-state index contributed by atoms with van der Waals surface area (Å²) in [6, 6.07) is 25.2. The number of nitrogens with zero attached hydrogens (tertiary/aromatic N) is 3. The SMILES string of the molecule is CI.O=C1NC(c2ccccc2)(c2ccccn2)C(=O)N1CCCN1CCC(c2ccccc2)CC1. The molecule has 2 aliphatic rings. The van der Waals surface area contributed by atoms with Gasteiger partial charge in [0.05, 0.1) is 5.69 Å². The highest BCUT2D eigenvalue weighted by Crippen LogP contribution is 2.35. The van der Waals surface area contributed by atoms with Gasteiger partial charge in [0.1, 0.15) is 0 Å². The lowest BCUT2D eigenvalue weighted by Crippen LogP contribution is -2.46. The lowest BCUT2D eigenvalue weighted by Gasteiger charge is -2.32. The second-order valence-electron chi connectivity index (χ2n) is 9.10. The molecule has 0 saturated carbocycles. The number of pyridine rings is 1. The van der Waals surface area contributed by atoms with Gasteiger partial charge < -0.3 is 10.2 Å². The van der Waals surface area contributed by atoms with E-state index in [1.807, 2.05) is 47.4 Å². The van der Waals surface area contributed by atoms with E-state index < -0.39 is 5.54 Å². The van der Waals surface area contributed by atoms with Crippen molar-refractivity contribution in [1.82, 2.24) is 20.1 Å². The van der Waals surface area contributed by atoms with Crippen molar-refractivity contribution in [1.29, 1.82) is 0 Å². The van der Waals surface area contributed by atoms with Crippen molar-refractivity contribution in [3.63, 3.8) is 0 Å². The van der Waals surface area contributed by atoms with Crippen LogP contribution in [0.25, 0.3) is 0 Å². The van der Waals surface area contributed by atoms with Crippen LogP contribution >= 0.6 is 22.6 Å². The first-order valence-corrected chi connectivity index (χ1v) is 14.6. The summed E-state index contributed by atoms with van der Waals surface area (Å²) in [4.78, 5) is 36.9. The van der Waals surface area contributed by atoms with Crippen molar-refractivity contribution in [2.75, 3.05) is 31.1 Å². The number of aromatic nitrogens is 1. The molecule has 3 aromatic rings. The van der Waals surface area contributed by atoms with Gasteiger partial charge in [-0.2, -0.15) is 0 Å². The van der Waals surface area contributed by atoms with Gasteiger partial charge in [0, 0.05) is 12.7 Å². The minimum Gasteiger partial charge on any atom is -0.314 e. The van der Waals surface area contributed by atoms with Gasteiger partial charge in [-0.3, -0.25) is 14.7 Å². The molecule has 2 aliphatic heterocycles. The Balaban J connectivity index is 0.00000148. The Kier molecular flexibility index (Phi) is 9.09. The van der Waals surface area contributed by atoms with Crippen LogP contribution in [0, 0.1) is 0 Å². The fourth-order valence-corrected chi connectivity index (χ4v) is 5.24. The van der Waals surface area contributed by atoms with E-state index in [-0.39, 0.29) is 11.9 Å². The van der Waals surface area contributed by atoms with Gasteiger partial charge in [0.2, 0.25) is 0 Å². The van der Waals surface area contributed by atoms with Crippen LogP contribution in [0.1, 0.15) is 42.0 Å². The largest absolute Gasteiger partial charge is 0.325 e. The van der Waals surface area contributed by atoms with E-state index in [0.29, 0.717) is 18.2 Å². The zero-order chi connectivity index (χ0) is 25.4. The Morgan fingerprint density at radius 2 is 1.53 bits per heavy atom. The minimum atomic E-state index is -1.28. The summed E-state index contributed by atoms with van der Waals surface area (Å²) in [7, 11) is 0. The third-order valence-corrected chi connectivity index (χ3v) is 7.08. The van der Waals surface area contributed by atoms with Crippen LogP contribution in [0.5, 0.6) is 0 Å². The molecule has 3 amide bonds. The molecule has 0 bridgehead atoms. The highest BCUT2D eigenvalue weighted by molar-refractivity contribution is 14.1. The fourth-order valence-electron chi connectivity index (χ4n) is 5.24. The Labute approximate surface area is 227 Å². The van der Waals surface area contributed by atoms with Crippen molar-refractivity contribution in [2.45, 2.75) is 30.7 Å². The standard InChI is InChI=1S/C28H30N4O2.CH3I/c33-26-28(24-12-5-2-6-13-24,25-14-7-8-17-29-25)30-27(34)32(26)19-9-18-31-20-15-23(16-21-31)22-10-3-1-4-11-22;1-2/h1-8,10-14,17,23H,9,15-16,18-21H2,(H,30,34);1H3. The van der Waals surface area contributed by atoms with Gasteiger partial charge in [0.25, 0.3) is 5.91 Å². The Bertz CT molecular complexity index is 1080. The van der Waals surface area contributed by atoms with E-state index in [1.54, 1.807) is 12.3 Å². The van der Waals surface area contributed by atoms with Gasteiger partial charge in [-0.15, -0.1) is 0 Å². The van der Waals surface area contributed by atoms with Crippen LogP contribution in [-0.2, 0) is 10.3 Å². The number of hydrogen-bond donors (Lipinski definition) is 1. The minimum absolute atomic E-state index is 0.259. The molecule has 1 aromatic heterocycles. The zero-order valence-corrected chi connectivity index (χ0v) is 22.8. The quantitative estimate of drug-likeness (QED) is 0.232. The zero-order valence-electron chi connectivity index (χ0n) is 20.6. The van der Waals surface area contributed by atoms with E-state index >= 15 is 0 Å². The van der Waals surface area contributed by atoms with Crippen LogP contribution in [-0.4, -0.2) is 57.8 Å². The van der Waals surface area contributed by atoms with E-state index in [1.165, 1.54) is 10.5 Å². The van der Waals surface area contributed by atoms with Crippen LogP contribution < -0.4 is 5.32 Å². The van der Waals surface area contributed by atoms with Gasteiger partial charge in [-0.1, -0.05) is 89.3 Å². The van der Waals surface area contributed by atoms with Crippen LogP contribution in [0.4, 0.5) is 4.79 Å². The number of nitrogens with one attached hydrogen (secondary N) is 1. The molecular formula is C29H33IN4O2. The van der Waals surface area contributed by atoms with Crippen LogP contribution in [0.15, 0.2) is 85.1 Å². The molecule has 6 nitrogen and oxygen atoms in total. The van der Waals surface area contributed by atoms with E-state index in [9.17, 15) is 9.59 Å². The number of carbonyl (C=O) groups excluding carboxylic acids is 2. The number of benzene rings is 2. The van der Waals surface area contributed by atoms with Crippen LogP contribution in [0.3, 0.4) is 0 Å². The Morgan fingerprint density at radius 3 is 2.17 bits per heavy atom. The smallest absolute Gasteiger partial charge is 0.314 e. The highest BCUT2D eigenvalue weighted by Gasteiger charge is 2.54. The van der Waals surface area contributed by atoms with Gasteiger partial charge >= 0.3 is 6.03 Å². The number of likely N-dealkylation sites (tertiary alicyclic amines) is 1. The predicted octanol–water partition coefficient (Wildman–Crippen LogP) is 5.20. The van der Waals surface area contributed by atoms with Crippen molar-refractivity contribution >= 4 is 34.5 Å². The predicted molar refractivity (Wildman–Crippen MR) is 151 cm³/mol. The number of rotatable bonds is 7. The summed E-state index contributed by atoms with van der Waals surface area (Å²) in [5.74, 6) is 0.360. The van der Waals surface area contributed by atoms with Gasteiger partial charge in [0.15, 0.2) is 5.54 Å². The summed E-state index contributed by atoms with van der Waals surface area (Å²) in [5, 5.41) is 2.97. The van der Waals surface area contributed by atoms with Crippen LogP contribution in [0.2, 0.25) is 0 Å². The van der Waals surface area contributed by atoms with Crippen molar-refractivity contribution in [2.24, 2.45) is 0 Å². The number of alkyl halides is 1. The molecule has 1 N–H and O–H groups in total. The molecule has 0 aliphatic carbocycles. The number of piperidine rings is 1. The first kappa shape index (κ1) is 26.3. The average molecular weight is 597 g/mol. The maximum Gasteiger partial charge on any atom is 0.325 e. The molecule has 188 valence electrons. The fraction of sp³-hybridized carbons (Fsp3) is 0.345. The number of carbonyl (C=O) groups is 2. The molecule has 2 saturated heterocycles. The number of hydrogen-bond acceptors (Lipinski definition) is 4. The second-order valence-corrected chi connectivity index (χ2v) is 9.10. The molecule has 2 fully saturated rings. The molecule has 3 heterocycles. The first-order chi connectivity index (χ1) is 17.7. The van der Waals surface area contributed by atoms with E-state index in [4.69, 9.17) is 0 Å². The monoisotopic (exact) mass is 596 g/mol. The number of halogens is 1. The van der Waals surface area contributed by atoms with Crippen molar-refractivity contribution in [3.8, 4) is 0 Å². The van der Waals surface area contributed by atoms with Crippen molar-refractivity contribution in [3.05, 3.63) is 102 Å². The Hall–Kier alpha value is -2.78. The third kappa shape index (κ3) is 5.47. The molecular weight excluding hydrogens is 563 g/mol. The topological polar surface area (TPSA) is 65.5 Å². The van der Waals surface area contributed by atoms with Gasteiger partial charge in [-0.25, -0.2) is 4.79 Å². The highest BCUT2D eigenvalue weighted by atomic mass is 127. The molecule has 36 heavy (non-hydrogen) atoms. The summed E-state index contributed by atoms with van der Waals surface area (Å²) in [6.45, 7) is 3.36. The summed E-state index contributed by atoms with van der Waals surface area (Å²) in [5.41, 5.74) is 1.39. The molecule has 0 radical (unpaired) electrons. The number of imide groups is 1. The summed E-state index contributed by atoms with van der Waals surface area (Å²) >= 11 is 2.15. The summed E-state index contributed by atoms with van der Waals surface area (Å²) in [6.07, 6.45) is 4.69. The average Bonchev–Trinajstić information content (AvgIpc) is 3.22. The van der Waals surface area contributed by atoms with E-state index in [2.05, 4.69) is 68.1 Å².